The summed E-state index contributed by atoms with van der Waals surface area (Å²) in [4.78, 5) is 21.2. The Kier molecular flexibility index (Phi) is 6.46. The van der Waals surface area contributed by atoms with Gasteiger partial charge in [-0.2, -0.15) is 0 Å². The second-order valence-electron chi connectivity index (χ2n) is 3.63. The molecule has 1 aromatic heterocycles. The van der Waals surface area contributed by atoms with Crippen molar-refractivity contribution in [2.75, 3.05) is 24.7 Å². The lowest BCUT2D eigenvalue weighted by Gasteiger charge is -2.15. The molecule has 1 rings (SSSR count). The standard InChI is InChI=1S/C9H14ClN7O.ClH/c1-17(2)8-6(10)15-5(7(13)16-8)9(18)14-4(12)3-11;/h3-4,11H,12H2,1-2H3,(H2,13,16)(H,14,18);1H. The van der Waals surface area contributed by atoms with Crippen molar-refractivity contribution < 1.29 is 4.79 Å². The SMILES string of the molecule is CN(C)c1nc(N)c(C(=O)NC(N)C=N)nc1Cl.Cl. The van der Waals surface area contributed by atoms with E-state index in [4.69, 9.17) is 28.5 Å². The summed E-state index contributed by atoms with van der Waals surface area (Å²) in [5, 5.41) is 9.25. The first kappa shape index (κ1) is 17.4. The van der Waals surface area contributed by atoms with Gasteiger partial charge in [-0.1, -0.05) is 11.6 Å². The smallest absolute Gasteiger partial charge is 0.275 e. The van der Waals surface area contributed by atoms with E-state index in [1.807, 2.05) is 0 Å². The molecule has 0 aliphatic carbocycles. The van der Waals surface area contributed by atoms with Crippen molar-refractivity contribution in [3.05, 3.63) is 10.8 Å². The molecule has 1 unspecified atom stereocenters. The second kappa shape index (κ2) is 7.07. The van der Waals surface area contributed by atoms with E-state index in [-0.39, 0.29) is 29.1 Å². The molecular formula is C9H15Cl2N7O. The van der Waals surface area contributed by atoms with Crippen LogP contribution in [0.25, 0.3) is 0 Å². The first-order valence-electron chi connectivity index (χ1n) is 4.94. The second-order valence-corrected chi connectivity index (χ2v) is 3.99. The maximum Gasteiger partial charge on any atom is 0.275 e. The lowest BCUT2D eigenvalue weighted by molar-refractivity contribution is 0.0944. The Bertz CT molecular complexity index is 480. The van der Waals surface area contributed by atoms with Crippen molar-refractivity contribution in [1.82, 2.24) is 15.3 Å². The third kappa shape index (κ3) is 4.19. The topological polar surface area (TPSA) is 134 Å². The third-order valence-electron chi connectivity index (χ3n) is 1.98. The highest BCUT2D eigenvalue weighted by atomic mass is 35.5. The molecule has 1 atom stereocenters. The molecule has 0 spiro atoms. The summed E-state index contributed by atoms with van der Waals surface area (Å²) in [6.45, 7) is 0. The Labute approximate surface area is 121 Å². The molecule has 0 saturated carbocycles. The number of nitrogens with one attached hydrogen (secondary N) is 2. The molecule has 0 bridgehead atoms. The number of anilines is 2. The minimum absolute atomic E-state index is 0. The van der Waals surface area contributed by atoms with Crippen LogP contribution in [0.3, 0.4) is 0 Å². The highest BCUT2D eigenvalue weighted by Gasteiger charge is 2.18. The average Bonchev–Trinajstić information content (AvgIpc) is 2.30. The van der Waals surface area contributed by atoms with Crippen LogP contribution in [0.15, 0.2) is 0 Å². The van der Waals surface area contributed by atoms with Gasteiger partial charge in [-0.3, -0.25) is 4.79 Å². The summed E-state index contributed by atoms with van der Waals surface area (Å²) in [6.07, 6.45) is -0.0388. The van der Waals surface area contributed by atoms with Crippen molar-refractivity contribution >= 4 is 47.8 Å². The van der Waals surface area contributed by atoms with E-state index in [0.717, 1.165) is 6.21 Å². The Balaban J connectivity index is 0.00000324. The van der Waals surface area contributed by atoms with Crippen LogP contribution < -0.4 is 21.7 Å². The number of hydrogen-bond donors (Lipinski definition) is 4. The maximum atomic E-state index is 11.7. The molecule has 0 saturated heterocycles. The number of nitrogens with zero attached hydrogens (tertiary/aromatic N) is 3. The Morgan fingerprint density at radius 1 is 1.53 bits per heavy atom. The lowest BCUT2D eigenvalue weighted by atomic mass is 10.3. The van der Waals surface area contributed by atoms with Gasteiger partial charge in [0.1, 0.15) is 6.17 Å². The molecule has 19 heavy (non-hydrogen) atoms. The summed E-state index contributed by atoms with van der Waals surface area (Å²) >= 11 is 5.88. The van der Waals surface area contributed by atoms with Gasteiger partial charge in [-0.25, -0.2) is 9.97 Å². The first-order valence-corrected chi connectivity index (χ1v) is 5.32. The van der Waals surface area contributed by atoms with E-state index < -0.39 is 12.1 Å². The van der Waals surface area contributed by atoms with Gasteiger partial charge in [0.2, 0.25) is 0 Å². The minimum Gasteiger partial charge on any atom is -0.382 e. The maximum absolute atomic E-state index is 11.7. The largest absolute Gasteiger partial charge is 0.382 e. The number of nitrogen functional groups attached to an aromatic ring is 1. The molecule has 1 amide bonds. The fourth-order valence-electron chi connectivity index (χ4n) is 1.13. The quantitative estimate of drug-likeness (QED) is 0.452. The van der Waals surface area contributed by atoms with Gasteiger partial charge in [-0.05, 0) is 0 Å². The summed E-state index contributed by atoms with van der Waals surface area (Å²) in [7, 11) is 3.44. The van der Waals surface area contributed by atoms with Crippen LogP contribution in [0.1, 0.15) is 10.5 Å². The fraction of sp³-hybridized carbons (Fsp3) is 0.333. The predicted molar refractivity (Wildman–Crippen MR) is 77.3 cm³/mol. The zero-order valence-corrected chi connectivity index (χ0v) is 11.9. The Morgan fingerprint density at radius 3 is 2.58 bits per heavy atom. The Morgan fingerprint density at radius 2 is 2.11 bits per heavy atom. The molecule has 6 N–H and O–H groups in total. The van der Waals surface area contributed by atoms with Crippen LogP contribution in [0, 0.1) is 5.41 Å². The van der Waals surface area contributed by atoms with E-state index in [2.05, 4.69) is 15.3 Å². The average molecular weight is 308 g/mol. The van der Waals surface area contributed by atoms with Crippen molar-refractivity contribution in [3.63, 3.8) is 0 Å². The molecular weight excluding hydrogens is 293 g/mol. The third-order valence-corrected chi connectivity index (χ3v) is 2.23. The molecule has 0 aliphatic rings. The zero-order valence-electron chi connectivity index (χ0n) is 10.3. The van der Waals surface area contributed by atoms with Crippen LogP contribution in [0.5, 0.6) is 0 Å². The van der Waals surface area contributed by atoms with Crippen molar-refractivity contribution in [1.29, 1.82) is 5.41 Å². The van der Waals surface area contributed by atoms with Crippen LogP contribution in [0.2, 0.25) is 5.15 Å². The predicted octanol–water partition coefficient (Wildman–Crippen LogP) is -0.136. The first-order chi connectivity index (χ1) is 8.36. The monoisotopic (exact) mass is 307 g/mol. The van der Waals surface area contributed by atoms with E-state index in [1.165, 1.54) is 0 Å². The molecule has 1 heterocycles. The van der Waals surface area contributed by atoms with Crippen molar-refractivity contribution in [3.8, 4) is 0 Å². The van der Waals surface area contributed by atoms with Gasteiger partial charge >= 0.3 is 0 Å². The number of carbonyl (C=O) groups is 1. The molecule has 1 aromatic rings. The summed E-state index contributed by atoms with van der Waals surface area (Å²) in [5.74, 6) is -0.331. The molecule has 0 radical (unpaired) electrons. The van der Waals surface area contributed by atoms with E-state index >= 15 is 0 Å². The van der Waals surface area contributed by atoms with Gasteiger partial charge in [0.15, 0.2) is 22.5 Å². The van der Waals surface area contributed by atoms with Gasteiger partial charge in [0, 0.05) is 20.3 Å². The number of hydrogen-bond acceptors (Lipinski definition) is 7. The highest BCUT2D eigenvalue weighted by molar-refractivity contribution is 6.32. The number of amides is 1. The minimum atomic E-state index is -0.911. The number of aromatic nitrogens is 2. The Hall–Kier alpha value is -1.64. The van der Waals surface area contributed by atoms with Gasteiger partial charge in [0.25, 0.3) is 5.91 Å². The van der Waals surface area contributed by atoms with Gasteiger partial charge < -0.3 is 27.1 Å². The van der Waals surface area contributed by atoms with E-state index in [0.29, 0.717) is 5.82 Å². The summed E-state index contributed by atoms with van der Waals surface area (Å²) < 4.78 is 0. The van der Waals surface area contributed by atoms with Crippen molar-refractivity contribution in [2.24, 2.45) is 5.73 Å². The van der Waals surface area contributed by atoms with E-state index in [1.54, 1.807) is 19.0 Å². The highest BCUT2D eigenvalue weighted by Crippen LogP contribution is 2.22. The van der Waals surface area contributed by atoms with Crippen LogP contribution >= 0.6 is 24.0 Å². The van der Waals surface area contributed by atoms with Gasteiger partial charge in [-0.15, -0.1) is 12.4 Å². The number of carbonyl (C=O) groups excluding carboxylic acids is 1. The van der Waals surface area contributed by atoms with Crippen LogP contribution in [-0.2, 0) is 0 Å². The van der Waals surface area contributed by atoms with Crippen LogP contribution in [-0.4, -0.2) is 42.4 Å². The molecule has 8 nitrogen and oxygen atoms in total. The van der Waals surface area contributed by atoms with Crippen molar-refractivity contribution in [2.45, 2.75) is 6.17 Å². The molecule has 106 valence electrons. The molecule has 0 aromatic carbocycles. The molecule has 0 aliphatic heterocycles. The van der Waals surface area contributed by atoms with E-state index in [9.17, 15) is 4.79 Å². The number of nitrogens with two attached hydrogens (primary N) is 2. The summed E-state index contributed by atoms with van der Waals surface area (Å²) in [6, 6.07) is 0. The molecule has 0 fully saturated rings. The summed E-state index contributed by atoms with van der Waals surface area (Å²) in [5.41, 5.74) is 10.9. The number of halogens is 2. The van der Waals surface area contributed by atoms with Crippen LogP contribution in [0.4, 0.5) is 11.6 Å². The van der Waals surface area contributed by atoms with Gasteiger partial charge in [0.05, 0.1) is 0 Å². The lowest BCUT2D eigenvalue weighted by Crippen LogP contribution is -2.43. The number of rotatable bonds is 4. The fourth-order valence-corrected chi connectivity index (χ4v) is 1.43. The zero-order chi connectivity index (χ0) is 13.9. The normalized spacial score (nSPS) is 11.2. The molecule has 10 heteroatoms.